The largest absolute Gasteiger partial charge is 0.505 e. The molecule has 0 fully saturated rings. The van der Waals surface area contributed by atoms with E-state index in [1.165, 1.54) is 29.2 Å². The highest BCUT2D eigenvalue weighted by Gasteiger charge is 2.31. The SMILES string of the molecule is CCN(c1cccc(S(=O)(=O)CCOS(=O)(=O)O)c1)c1nc(Cl)nc(Nc2ccc(S(O)(O)O)c(N=Nc3c(S(=O)(=O)O)cc4cc(S(O)(O)O)c(N=Nc5ccc(S(=O)(=O)CCOS(O)(O)O)cc5)c(N)c4c3O)c2)n1. The van der Waals surface area contributed by atoms with Crippen molar-refractivity contribution in [1.82, 2.24) is 15.0 Å². The van der Waals surface area contributed by atoms with Crippen LogP contribution >= 0.6 is 44.5 Å². The van der Waals surface area contributed by atoms with Crippen molar-refractivity contribution in [2.45, 2.75) is 31.4 Å². The number of benzene rings is 5. The summed E-state index contributed by atoms with van der Waals surface area (Å²) in [4.78, 5) is 10.3. The van der Waals surface area contributed by atoms with Gasteiger partial charge in [-0.2, -0.15) is 36.9 Å². The van der Waals surface area contributed by atoms with E-state index in [1.54, 1.807) is 6.92 Å². The van der Waals surface area contributed by atoms with Crippen LogP contribution in [0, 0.1) is 0 Å². The number of halogens is 1. The third-order valence-electron chi connectivity index (χ3n) is 9.94. The van der Waals surface area contributed by atoms with Crippen LogP contribution in [-0.4, -0.2) is 135 Å². The zero-order valence-corrected chi connectivity index (χ0v) is 44.9. The highest BCUT2D eigenvalue weighted by Crippen LogP contribution is 2.56. The highest BCUT2D eigenvalue weighted by atomic mass is 35.5. The van der Waals surface area contributed by atoms with Gasteiger partial charge in [0, 0.05) is 17.9 Å². The molecule has 0 aliphatic heterocycles. The number of fused-ring (bicyclic) bond motifs is 1. The number of hydrogen-bond acceptors (Lipinski definition) is 30. The average Bonchev–Trinajstić information content (AvgIpc) is 3.29. The van der Waals surface area contributed by atoms with Gasteiger partial charge in [0.05, 0.1) is 61.1 Å². The lowest BCUT2D eigenvalue weighted by Gasteiger charge is -2.23. The Balaban J connectivity index is 1.38. The third kappa shape index (κ3) is 15.6. The first kappa shape index (κ1) is 60.6. The molecule has 77 heavy (non-hydrogen) atoms. The molecule has 32 nitrogen and oxygen atoms in total. The monoisotopic (exact) mass is 1240 g/mol. The van der Waals surface area contributed by atoms with Crippen LogP contribution in [-0.2, 0) is 48.6 Å². The Hall–Kier alpha value is -5.61. The van der Waals surface area contributed by atoms with E-state index in [1.807, 2.05) is 0 Å². The number of azo groups is 2. The Morgan fingerprint density at radius 3 is 1.83 bits per heavy atom. The number of nitrogens with two attached hydrogens (primary N) is 1. The molecule has 1 aromatic heterocycles. The van der Waals surface area contributed by atoms with E-state index < -0.39 is 157 Å². The predicted molar refractivity (Wildman–Crippen MR) is 279 cm³/mol. The lowest BCUT2D eigenvalue weighted by atomic mass is 10.1. The van der Waals surface area contributed by atoms with Crippen molar-refractivity contribution in [1.29, 1.82) is 0 Å². The minimum absolute atomic E-state index is 0.0684. The summed E-state index contributed by atoms with van der Waals surface area (Å²) in [5.74, 6) is -3.37. The fourth-order valence-electron chi connectivity index (χ4n) is 6.62. The summed E-state index contributed by atoms with van der Waals surface area (Å²) in [7, 11) is -28.3. The third-order valence-corrected chi connectivity index (χ3v) is 17.1. The van der Waals surface area contributed by atoms with Crippen LogP contribution < -0.4 is 16.0 Å². The minimum atomic E-state index is -5.46. The normalized spacial score (nSPS) is 13.9. The summed E-state index contributed by atoms with van der Waals surface area (Å²) in [5, 5.41) is 28.1. The number of rotatable bonds is 22. The number of phenols is 1. The van der Waals surface area contributed by atoms with E-state index in [0.717, 1.165) is 42.5 Å². The van der Waals surface area contributed by atoms with Crippen LogP contribution in [0.5, 0.6) is 5.75 Å². The molecule has 0 spiro atoms. The van der Waals surface area contributed by atoms with Gasteiger partial charge in [0.25, 0.3) is 10.1 Å². The molecule has 0 aliphatic carbocycles. The number of nitrogens with one attached hydrogen (secondary N) is 1. The van der Waals surface area contributed by atoms with E-state index >= 15 is 0 Å². The van der Waals surface area contributed by atoms with E-state index in [-0.39, 0.29) is 45.3 Å². The number of anilines is 5. The molecule has 0 amide bonds. The van der Waals surface area contributed by atoms with Gasteiger partial charge in [0.15, 0.2) is 25.4 Å². The van der Waals surface area contributed by atoms with Gasteiger partial charge in [-0.3, -0.25) is 26.9 Å². The van der Waals surface area contributed by atoms with Crippen molar-refractivity contribution in [3.63, 3.8) is 0 Å². The zero-order valence-electron chi connectivity index (χ0n) is 38.4. The maximum absolute atomic E-state index is 13.0. The van der Waals surface area contributed by atoms with Gasteiger partial charge in [0.1, 0.15) is 43.7 Å². The number of sulfone groups is 2. The second kappa shape index (κ2) is 23.0. The van der Waals surface area contributed by atoms with Gasteiger partial charge in [-0.25, -0.2) is 21.0 Å². The van der Waals surface area contributed by atoms with Crippen molar-refractivity contribution in [2.75, 3.05) is 47.2 Å². The molecule has 0 radical (unpaired) electrons. The van der Waals surface area contributed by atoms with Gasteiger partial charge in [-0.15, -0.1) is 15.3 Å². The van der Waals surface area contributed by atoms with Crippen molar-refractivity contribution in [3.8, 4) is 5.75 Å². The Kier molecular flexibility index (Phi) is 18.1. The summed E-state index contributed by atoms with van der Waals surface area (Å²) in [6, 6.07) is 13.8. The molecular formula is C37H41ClN10O22S7. The summed E-state index contributed by atoms with van der Waals surface area (Å²) < 4.78 is 215. The van der Waals surface area contributed by atoms with Gasteiger partial charge in [-0.1, -0.05) is 6.07 Å². The number of aromatic nitrogens is 3. The molecule has 15 N–H and O–H groups in total. The van der Waals surface area contributed by atoms with Crippen molar-refractivity contribution in [3.05, 3.63) is 84.1 Å². The smallest absolute Gasteiger partial charge is 0.397 e. The highest BCUT2D eigenvalue weighted by molar-refractivity contribution is 8.19. The molecule has 420 valence electrons. The van der Waals surface area contributed by atoms with Crippen LogP contribution in [0.2, 0.25) is 5.28 Å². The zero-order chi connectivity index (χ0) is 57.3. The predicted octanol–water partition coefficient (Wildman–Crippen LogP) is 8.63. The molecule has 0 unspecified atom stereocenters. The Labute approximate surface area is 445 Å². The fraction of sp³-hybridized carbons (Fsp3) is 0.162. The summed E-state index contributed by atoms with van der Waals surface area (Å²) >= 11 is 1.82. The van der Waals surface area contributed by atoms with Crippen LogP contribution in [0.3, 0.4) is 0 Å². The first-order chi connectivity index (χ1) is 35.5. The number of nitrogens with zero attached hydrogens (tertiary/aromatic N) is 8. The molecule has 40 heteroatoms. The standard InChI is InChI=1S/C37H41ClN10O22S7/c1-2-48(23-4-3-5-25(19-23)72(52,53)15-13-70-77(66,67)68)37-42-35(38)41-36(43-37)40-22-8-11-27(73(54,55)56)26(18-22)45-47-33-29(75(60,61)62)17-20-16-28(74(57,58)59)32(31(39)30(20)34(33)49)46-44-21-6-9-24(10-7-21)71(50,51)14-12-69-76(63,64)65/h3-11,16-19,49,54-59,63-65H,2,12-15,39H2,1H3,(H,60,61,62)(H,66,67,68)(H,40,41,42,43). The Bertz CT molecular complexity index is 3770. The van der Waals surface area contributed by atoms with Crippen molar-refractivity contribution in [2.24, 2.45) is 20.5 Å². The maximum Gasteiger partial charge on any atom is 0.397 e. The lowest BCUT2D eigenvalue weighted by Crippen LogP contribution is -2.21. The quantitative estimate of drug-likeness (QED) is 0.0172. The van der Waals surface area contributed by atoms with Crippen LogP contribution in [0.4, 0.5) is 51.7 Å². The number of hydrogen-bond donors (Lipinski definition) is 14. The van der Waals surface area contributed by atoms with Gasteiger partial charge in [-0.05, 0) is 96.7 Å². The Morgan fingerprint density at radius 2 is 1.25 bits per heavy atom. The minimum Gasteiger partial charge on any atom is -0.505 e. The lowest BCUT2D eigenvalue weighted by molar-refractivity contribution is 0.213. The number of nitrogen functional groups attached to an aromatic ring is 1. The molecule has 0 saturated heterocycles. The van der Waals surface area contributed by atoms with Crippen molar-refractivity contribution < 1.29 is 97.2 Å². The summed E-state index contributed by atoms with van der Waals surface area (Å²) in [5.41, 5.74) is 2.98. The van der Waals surface area contributed by atoms with E-state index in [2.05, 4.69) is 49.1 Å². The molecule has 0 saturated carbocycles. The average molecular weight is 1240 g/mol. The first-order valence-electron chi connectivity index (χ1n) is 20.4. The first-order valence-corrected chi connectivity index (χ1v) is 31.4. The van der Waals surface area contributed by atoms with Crippen molar-refractivity contribution >= 4 is 147 Å². The van der Waals surface area contributed by atoms with Gasteiger partial charge >= 0.3 is 10.4 Å². The molecule has 6 aromatic rings. The molecule has 6 rings (SSSR count). The fourth-order valence-corrected chi connectivity index (χ4v) is 11.8. The van der Waals surface area contributed by atoms with Crippen LogP contribution in [0.25, 0.3) is 10.8 Å². The molecule has 0 atom stereocenters. The molecule has 0 bridgehead atoms. The van der Waals surface area contributed by atoms with Gasteiger partial charge < -0.3 is 48.4 Å². The summed E-state index contributed by atoms with van der Waals surface area (Å²) in [6.07, 6.45) is 0. The second-order valence-electron chi connectivity index (χ2n) is 15.2. The molecule has 1 heterocycles. The van der Waals surface area contributed by atoms with Gasteiger partial charge in [0.2, 0.25) is 28.3 Å². The van der Waals surface area contributed by atoms with Crippen LogP contribution in [0.1, 0.15) is 6.92 Å². The topological polar surface area (TPSA) is 527 Å². The van der Waals surface area contributed by atoms with E-state index in [9.17, 15) is 70.6 Å². The summed E-state index contributed by atoms with van der Waals surface area (Å²) in [6.45, 7) is -0.00662. The second-order valence-corrected chi connectivity index (χ2v) is 26.3. The maximum atomic E-state index is 13.0. The van der Waals surface area contributed by atoms with E-state index in [0.29, 0.717) is 12.1 Å². The molecule has 5 aromatic carbocycles. The number of phenolic OH excluding ortho intramolecular Hbond substituents is 1. The van der Waals surface area contributed by atoms with E-state index in [4.69, 9.17) is 35.5 Å². The Morgan fingerprint density at radius 1 is 0.649 bits per heavy atom. The number of aromatic hydroxyl groups is 1. The van der Waals surface area contributed by atoms with Crippen LogP contribution in [0.15, 0.2) is 124 Å². The molecule has 0 aliphatic rings. The molecular weight excluding hydrogens is 1200 g/mol.